The molecule has 0 unspecified atom stereocenters. The van der Waals surface area contributed by atoms with Crippen LogP contribution in [0.25, 0.3) is 0 Å². The summed E-state index contributed by atoms with van der Waals surface area (Å²) in [6.07, 6.45) is 3.82. The second kappa shape index (κ2) is 8.47. The zero-order valence-corrected chi connectivity index (χ0v) is 16.5. The van der Waals surface area contributed by atoms with Crippen LogP contribution in [0.1, 0.15) is 19.3 Å². The standard InChI is InChI=1S/C22H29N3S/c1-23-13-8-15-24(18-17-23)14-6-7-16-25-19-9-2-4-11-21(19)26-22-12-5-3-10-20(22)25/h2-5,9-12H,6-8,13-18H2,1H3. The summed E-state index contributed by atoms with van der Waals surface area (Å²) in [5, 5.41) is 0. The van der Waals surface area contributed by atoms with Gasteiger partial charge in [-0.05, 0) is 70.2 Å². The molecule has 2 aliphatic rings. The maximum Gasteiger partial charge on any atom is 0.0552 e. The third-order valence-corrected chi connectivity index (χ3v) is 6.58. The number of rotatable bonds is 5. The largest absolute Gasteiger partial charge is 0.340 e. The molecule has 3 nitrogen and oxygen atoms in total. The van der Waals surface area contributed by atoms with E-state index < -0.39 is 0 Å². The van der Waals surface area contributed by atoms with E-state index >= 15 is 0 Å². The van der Waals surface area contributed by atoms with Gasteiger partial charge in [0.15, 0.2) is 0 Å². The lowest BCUT2D eigenvalue weighted by Gasteiger charge is -2.33. The molecular formula is C22H29N3S. The fourth-order valence-electron chi connectivity index (χ4n) is 3.95. The molecule has 2 aliphatic heterocycles. The zero-order chi connectivity index (χ0) is 17.8. The third-order valence-electron chi connectivity index (χ3n) is 5.45. The van der Waals surface area contributed by atoms with Crippen molar-refractivity contribution < 1.29 is 0 Å². The Hall–Kier alpha value is -1.49. The lowest BCUT2D eigenvalue weighted by molar-refractivity contribution is 0.272. The summed E-state index contributed by atoms with van der Waals surface area (Å²) in [7, 11) is 2.24. The van der Waals surface area contributed by atoms with Crippen LogP contribution in [0.2, 0.25) is 0 Å². The number of likely N-dealkylation sites (N-methyl/N-ethyl adjacent to an activating group) is 1. The summed E-state index contributed by atoms with van der Waals surface area (Å²) in [6, 6.07) is 17.6. The molecule has 0 aromatic heterocycles. The van der Waals surface area contributed by atoms with Crippen molar-refractivity contribution in [3.63, 3.8) is 0 Å². The second-order valence-electron chi connectivity index (χ2n) is 7.39. The van der Waals surface area contributed by atoms with Gasteiger partial charge in [-0.2, -0.15) is 0 Å². The average Bonchev–Trinajstić information content (AvgIpc) is 2.88. The molecule has 0 N–H and O–H groups in total. The normalized spacial score (nSPS) is 18.3. The number of hydrogen-bond donors (Lipinski definition) is 0. The first-order valence-corrected chi connectivity index (χ1v) is 10.7. The first kappa shape index (κ1) is 17.9. The van der Waals surface area contributed by atoms with Crippen molar-refractivity contribution in [3.8, 4) is 0 Å². The van der Waals surface area contributed by atoms with Crippen LogP contribution >= 0.6 is 11.8 Å². The van der Waals surface area contributed by atoms with Crippen molar-refractivity contribution in [1.29, 1.82) is 0 Å². The number of para-hydroxylation sites is 2. The second-order valence-corrected chi connectivity index (χ2v) is 8.48. The number of anilines is 2. The molecule has 4 heteroatoms. The van der Waals surface area contributed by atoms with Crippen molar-refractivity contribution >= 4 is 23.1 Å². The maximum atomic E-state index is 2.65. The summed E-state index contributed by atoms with van der Waals surface area (Å²) < 4.78 is 0. The highest BCUT2D eigenvalue weighted by atomic mass is 32.2. The van der Waals surface area contributed by atoms with E-state index in [2.05, 4.69) is 70.3 Å². The van der Waals surface area contributed by atoms with E-state index in [-0.39, 0.29) is 0 Å². The molecule has 138 valence electrons. The Morgan fingerprint density at radius 2 is 1.42 bits per heavy atom. The van der Waals surface area contributed by atoms with Gasteiger partial charge < -0.3 is 14.7 Å². The molecule has 0 radical (unpaired) electrons. The molecule has 1 saturated heterocycles. The molecule has 0 amide bonds. The molecule has 26 heavy (non-hydrogen) atoms. The van der Waals surface area contributed by atoms with Crippen LogP contribution in [0.3, 0.4) is 0 Å². The van der Waals surface area contributed by atoms with Crippen LogP contribution in [0.4, 0.5) is 11.4 Å². The fourth-order valence-corrected chi connectivity index (χ4v) is 5.05. The van der Waals surface area contributed by atoms with Gasteiger partial charge in [-0.1, -0.05) is 36.0 Å². The van der Waals surface area contributed by atoms with E-state index in [0.29, 0.717) is 0 Å². The lowest BCUT2D eigenvalue weighted by atomic mass is 10.2. The number of fused-ring (bicyclic) bond motifs is 2. The molecule has 0 bridgehead atoms. The summed E-state index contributed by atoms with van der Waals surface area (Å²) in [5.74, 6) is 0. The van der Waals surface area contributed by atoms with Gasteiger partial charge >= 0.3 is 0 Å². The van der Waals surface area contributed by atoms with E-state index in [1.54, 1.807) is 0 Å². The first-order chi connectivity index (χ1) is 12.8. The molecule has 4 rings (SSSR count). The number of nitrogens with zero attached hydrogens (tertiary/aromatic N) is 3. The van der Waals surface area contributed by atoms with Crippen LogP contribution in [0.5, 0.6) is 0 Å². The van der Waals surface area contributed by atoms with Gasteiger partial charge in [0.25, 0.3) is 0 Å². The Balaban J connectivity index is 1.37. The highest BCUT2D eigenvalue weighted by Crippen LogP contribution is 2.47. The molecule has 0 atom stereocenters. The molecule has 0 spiro atoms. The highest BCUT2D eigenvalue weighted by molar-refractivity contribution is 7.99. The van der Waals surface area contributed by atoms with E-state index in [4.69, 9.17) is 0 Å². The predicted molar refractivity (Wildman–Crippen MR) is 112 cm³/mol. The Labute approximate surface area is 162 Å². The summed E-state index contributed by atoms with van der Waals surface area (Å²) in [6.45, 7) is 7.28. The summed E-state index contributed by atoms with van der Waals surface area (Å²) in [4.78, 5) is 10.4. The summed E-state index contributed by atoms with van der Waals surface area (Å²) >= 11 is 1.90. The van der Waals surface area contributed by atoms with E-state index in [9.17, 15) is 0 Å². The first-order valence-electron chi connectivity index (χ1n) is 9.85. The number of benzene rings is 2. The van der Waals surface area contributed by atoms with E-state index in [1.807, 2.05) is 11.8 Å². The fraction of sp³-hybridized carbons (Fsp3) is 0.455. The number of unbranched alkanes of at least 4 members (excludes halogenated alkanes) is 1. The minimum Gasteiger partial charge on any atom is -0.340 e. The van der Waals surface area contributed by atoms with Gasteiger partial charge in [0, 0.05) is 29.4 Å². The Kier molecular flexibility index (Phi) is 5.83. The molecule has 2 aromatic rings. The van der Waals surface area contributed by atoms with Crippen LogP contribution in [0.15, 0.2) is 58.3 Å². The average molecular weight is 368 g/mol. The molecule has 0 aliphatic carbocycles. The van der Waals surface area contributed by atoms with Crippen LogP contribution in [-0.2, 0) is 0 Å². The van der Waals surface area contributed by atoms with Crippen molar-refractivity contribution in [1.82, 2.24) is 9.80 Å². The molecule has 1 fully saturated rings. The highest BCUT2D eigenvalue weighted by Gasteiger charge is 2.22. The summed E-state index contributed by atoms with van der Waals surface area (Å²) in [5.41, 5.74) is 2.74. The maximum absolute atomic E-state index is 2.65. The lowest BCUT2D eigenvalue weighted by Crippen LogP contribution is -2.30. The Morgan fingerprint density at radius 3 is 2.15 bits per heavy atom. The Bertz CT molecular complexity index is 687. The third kappa shape index (κ3) is 4.08. The Morgan fingerprint density at radius 1 is 0.769 bits per heavy atom. The van der Waals surface area contributed by atoms with Gasteiger partial charge in [0.2, 0.25) is 0 Å². The number of hydrogen-bond acceptors (Lipinski definition) is 4. The van der Waals surface area contributed by atoms with Crippen LogP contribution in [0, 0.1) is 0 Å². The predicted octanol–water partition coefficient (Wildman–Crippen LogP) is 4.71. The van der Waals surface area contributed by atoms with Crippen LogP contribution < -0.4 is 4.90 Å². The smallest absolute Gasteiger partial charge is 0.0552 e. The van der Waals surface area contributed by atoms with Gasteiger partial charge in [-0.25, -0.2) is 0 Å². The van der Waals surface area contributed by atoms with Gasteiger partial charge in [0.1, 0.15) is 0 Å². The van der Waals surface area contributed by atoms with E-state index in [0.717, 1.165) is 6.54 Å². The SMILES string of the molecule is CN1CCCN(CCCCN2c3ccccc3Sc3ccccc32)CC1. The van der Waals surface area contributed by atoms with Gasteiger partial charge in [-0.3, -0.25) is 0 Å². The monoisotopic (exact) mass is 367 g/mol. The quantitative estimate of drug-likeness (QED) is 0.708. The molecule has 2 aromatic carbocycles. The van der Waals surface area contributed by atoms with Crippen molar-refractivity contribution in [2.45, 2.75) is 29.1 Å². The minimum absolute atomic E-state index is 1.10. The van der Waals surface area contributed by atoms with Crippen molar-refractivity contribution in [2.24, 2.45) is 0 Å². The minimum atomic E-state index is 1.10. The van der Waals surface area contributed by atoms with Gasteiger partial charge in [-0.15, -0.1) is 0 Å². The van der Waals surface area contributed by atoms with Crippen molar-refractivity contribution in [2.75, 3.05) is 51.2 Å². The van der Waals surface area contributed by atoms with Crippen LogP contribution in [-0.4, -0.2) is 56.1 Å². The topological polar surface area (TPSA) is 9.72 Å². The van der Waals surface area contributed by atoms with E-state index in [1.165, 1.54) is 73.2 Å². The molecule has 0 saturated carbocycles. The van der Waals surface area contributed by atoms with Crippen molar-refractivity contribution in [3.05, 3.63) is 48.5 Å². The molecule has 2 heterocycles. The van der Waals surface area contributed by atoms with Gasteiger partial charge in [0.05, 0.1) is 11.4 Å². The molecular weight excluding hydrogens is 338 g/mol. The zero-order valence-electron chi connectivity index (χ0n) is 15.7.